The Morgan fingerprint density at radius 2 is 2.25 bits per heavy atom. The summed E-state index contributed by atoms with van der Waals surface area (Å²) < 4.78 is 0. The van der Waals surface area contributed by atoms with Gasteiger partial charge in [0.25, 0.3) is 0 Å². The smallest absolute Gasteiger partial charge is 0.224 e. The molecule has 1 unspecified atom stereocenters. The van der Waals surface area contributed by atoms with E-state index in [4.69, 9.17) is 5.73 Å². The molecule has 0 saturated carbocycles. The van der Waals surface area contributed by atoms with E-state index in [1.54, 1.807) is 19.2 Å². The Kier molecular flexibility index (Phi) is 4.06. The topological polar surface area (TPSA) is 84.1 Å². The minimum absolute atomic E-state index is 0.411. The van der Waals surface area contributed by atoms with E-state index in [9.17, 15) is 5.11 Å². The highest BCUT2D eigenvalue weighted by Crippen LogP contribution is 2.16. The molecule has 5 nitrogen and oxygen atoms in total. The Morgan fingerprint density at radius 1 is 1.56 bits per heavy atom. The van der Waals surface area contributed by atoms with Gasteiger partial charge < -0.3 is 16.2 Å². The van der Waals surface area contributed by atoms with Gasteiger partial charge in [-0.25, -0.2) is 4.98 Å². The molecular weight excluding hydrogens is 204 g/mol. The second-order valence-corrected chi connectivity index (χ2v) is 4.75. The number of aromatic nitrogens is 2. The van der Waals surface area contributed by atoms with Crippen molar-refractivity contribution < 1.29 is 5.11 Å². The summed E-state index contributed by atoms with van der Waals surface area (Å²) in [5.41, 5.74) is 4.76. The van der Waals surface area contributed by atoms with Crippen LogP contribution >= 0.6 is 0 Å². The predicted molar refractivity (Wildman–Crippen MR) is 65.0 cm³/mol. The van der Waals surface area contributed by atoms with Crippen molar-refractivity contribution in [3.05, 3.63) is 12.3 Å². The third-order valence-electron chi connectivity index (χ3n) is 2.15. The molecule has 0 amide bonds. The highest BCUT2D eigenvalue weighted by molar-refractivity contribution is 5.35. The number of nitrogens with zero attached hydrogens (tertiary/aromatic N) is 2. The van der Waals surface area contributed by atoms with E-state index in [2.05, 4.69) is 29.1 Å². The number of rotatable bonds is 5. The van der Waals surface area contributed by atoms with Crippen molar-refractivity contribution in [2.75, 3.05) is 17.6 Å². The maximum Gasteiger partial charge on any atom is 0.224 e. The second-order valence-electron chi connectivity index (χ2n) is 4.75. The lowest BCUT2D eigenvalue weighted by Gasteiger charge is -2.25. The summed E-state index contributed by atoms with van der Waals surface area (Å²) in [6, 6.07) is 1.62. The summed E-state index contributed by atoms with van der Waals surface area (Å²) in [6.07, 6.45) is 2.31. The molecule has 0 aliphatic carbocycles. The van der Waals surface area contributed by atoms with E-state index in [-0.39, 0.29) is 0 Å². The molecule has 0 aliphatic rings. The van der Waals surface area contributed by atoms with Gasteiger partial charge in [-0.2, -0.15) is 4.98 Å². The van der Waals surface area contributed by atoms with Crippen molar-refractivity contribution in [1.82, 2.24) is 9.97 Å². The summed E-state index contributed by atoms with van der Waals surface area (Å²) in [7, 11) is 0. The molecule has 0 spiro atoms. The van der Waals surface area contributed by atoms with Crippen LogP contribution in [0, 0.1) is 5.92 Å². The van der Waals surface area contributed by atoms with Crippen molar-refractivity contribution in [3.63, 3.8) is 0 Å². The van der Waals surface area contributed by atoms with Crippen molar-refractivity contribution >= 4 is 11.8 Å². The lowest BCUT2D eigenvalue weighted by Crippen LogP contribution is -2.35. The van der Waals surface area contributed by atoms with Crippen LogP contribution in [-0.2, 0) is 0 Å². The van der Waals surface area contributed by atoms with Crippen LogP contribution < -0.4 is 11.1 Å². The minimum Gasteiger partial charge on any atom is -0.388 e. The SMILES string of the molecule is CC(C)CC(C)(O)CNc1nccc(N)n1. The van der Waals surface area contributed by atoms with Gasteiger partial charge in [0.05, 0.1) is 5.60 Å². The fourth-order valence-corrected chi connectivity index (χ4v) is 1.68. The van der Waals surface area contributed by atoms with E-state index >= 15 is 0 Å². The first-order chi connectivity index (χ1) is 7.39. The number of nitrogen functional groups attached to an aromatic ring is 1. The number of aliphatic hydroxyl groups is 1. The molecule has 0 saturated heterocycles. The highest BCUT2D eigenvalue weighted by atomic mass is 16.3. The minimum atomic E-state index is -0.762. The van der Waals surface area contributed by atoms with E-state index in [0.717, 1.165) is 6.42 Å². The van der Waals surface area contributed by atoms with Gasteiger partial charge in [0.1, 0.15) is 5.82 Å². The summed E-state index contributed by atoms with van der Waals surface area (Å²) in [4.78, 5) is 8.01. The zero-order valence-corrected chi connectivity index (χ0v) is 10.1. The fourth-order valence-electron chi connectivity index (χ4n) is 1.68. The first-order valence-electron chi connectivity index (χ1n) is 5.44. The maximum atomic E-state index is 10.1. The van der Waals surface area contributed by atoms with E-state index in [0.29, 0.717) is 24.2 Å². The van der Waals surface area contributed by atoms with E-state index in [1.807, 2.05) is 0 Å². The molecule has 1 aromatic rings. The van der Waals surface area contributed by atoms with Gasteiger partial charge in [-0.1, -0.05) is 13.8 Å². The molecule has 1 atom stereocenters. The molecule has 1 aromatic heterocycles. The van der Waals surface area contributed by atoms with Crippen LogP contribution in [0.15, 0.2) is 12.3 Å². The van der Waals surface area contributed by atoms with Crippen LogP contribution in [0.5, 0.6) is 0 Å². The lowest BCUT2D eigenvalue weighted by atomic mass is 9.94. The molecule has 0 bridgehead atoms. The Bertz CT molecular complexity index is 339. The normalized spacial score (nSPS) is 14.8. The molecule has 0 aromatic carbocycles. The van der Waals surface area contributed by atoms with Crippen LogP contribution in [0.25, 0.3) is 0 Å². The van der Waals surface area contributed by atoms with E-state index < -0.39 is 5.60 Å². The predicted octanol–water partition coefficient (Wildman–Crippen LogP) is 1.27. The summed E-state index contributed by atoms with van der Waals surface area (Å²) in [6.45, 7) is 6.36. The first kappa shape index (κ1) is 12.7. The molecule has 4 N–H and O–H groups in total. The molecule has 0 radical (unpaired) electrons. The zero-order valence-electron chi connectivity index (χ0n) is 10.1. The van der Waals surface area contributed by atoms with Crippen molar-refractivity contribution in [2.24, 2.45) is 5.92 Å². The Morgan fingerprint density at radius 3 is 2.81 bits per heavy atom. The second kappa shape index (κ2) is 5.12. The molecule has 0 fully saturated rings. The van der Waals surface area contributed by atoms with Gasteiger partial charge in [0.2, 0.25) is 5.95 Å². The van der Waals surface area contributed by atoms with Crippen molar-refractivity contribution in [3.8, 4) is 0 Å². The third-order valence-corrected chi connectivity index (χ3v) is 2.15. The number of hydrogen-bond acceptors (Lipinski definition) is 5. The zero-order chi connectivity index (χ0) is 12.2. The van der Waals surface area contributed by atoms with Crippen LogP contribution in [0.3, 0.4) is 0 Å². The number of nitrogens with two attached hydrogens (primary N) is 1. The van der Waals surface area contributed by atoms with Gasteiger partial charge in [0.15, 0.2) is 0 Å². The Hall–Kier alpha value is -1.36. The molecule has 1 heterocycles. The van der Waals surface area contributed by atoms with Gasteiger partial charge in [-0.3, -0.25) is 0 Å². The van der Waals surface area contributed by atoms with Crippen LogP contribution in [0.4, 0.5) is 11.8 Å². The first-order valence-corrected chi connectivity index (χ1v) is 5.44. The third kappa shape index (κ3) is 4.44. The number of hydrogen-bond donors (Lipinski definition) is 3. The van der Waals surface area contributed by atoms with Crippen molar-refractivity contribution in [1.29, 1.82) is 0 Å². The molecule has 90 valence electrons. The molecule has 0 aliphatic heterocycles. The molecular formula is C11H20N4O. The van der Waals surface area contributed by atoms with Gasteiger partial charge in [-0.15, -0.1) is 0 Å². The maximum absolute atomic E-state index is 10.1. The lowest BCUT2D eigenvalue weighted by molar-refractivity contribution is 0.0514. The molecule has 5 heteroatoms. The largest absolute Gasteiger partial charge is 0.388 e. The average Bonchev–Trinajstić information content (AvgIpc) is 2.13. The van der Waals surface area contributed by atoms with Crippen LogP contribution in [-0.4, -0.2) is 27.2 Å². The summed E-state index contributed by atoms with van der Waals surface area (Å²) in [5, 5.41) is 13.0. The van der Waals surface area contributed by atoms with Crippen molar-refractivity contribution in [2.45, 2.75) is 32.8 Å². The quantitative estimate of drug-likeness (QED) is 0.701. The monoisotopic (exact) mass is 224 g/mol. The summed E-state index contributed by atoms with van der Waals surface area (Å²) in [5.74, 6) is 1.31. The Labute approximate surface area is 96.1 Å². The van der Waals surface area contributed by atoms with Gasteiger partial charge in [0, 0.05) is 12.7 Å². The van der Waals surface area contributed by atoms with E-state index in [1.165, 1.54) is 0 Å². The van der Waals surface area contributed by atoms with Gasteiger partial charge >= 0.3 is 0 Å². The number of nitrogens with one attached hydrogen (secondary N) is 1. The fraction of sp³-hybridized carbons (Fsp3) is 0.636. The molecule has 16 heavy (non-hydrogen) atoms. The highest BCUT2D eigenvalue weighted by Gasteiger charge is 2.21. The van der Waals surface area contributed by atoms with Crippen LogP contribution in [0.1, 0.15) is 27.2 Å². The average molecular weight is 224 g/mol. The van der Waals surface area contributed by atoms with Gasteiger partial charge in [-0.05, 0) is 25.3 Å². The Balaban J connectivity index is 2.50. The standard InChI is InChI=1S/C11H20N4O/c1-8(2)6-11(3,16)7-14-10-13-5-4-9(12)15-10/h4-5,8,16H,6-7H2,1-3H3,(H3,12,13,14,15). The number of anilines is 2. The summed E-state index contributed by atoms with van der Waals surface area (Å²) >= 11 is 0. The van der Waals surface area contributed by atoms with Crippen LogP contribution in [0.2, 0.25) is 0 Å². The molecule has 1 rings (SSSR count).